The van der Waals surface area contributed by atoms with E-state index in [9.17, 15) is 4.79 Å². The van der Waals surface area contributed by atoms with Crippen LogP contribution in [-0.4, -0.2) is 49.1 Å². The lowest BCUT2D eigenvalue weighted by Gasteiger charge is -2.32. The van der Waals surface area contributed by atoms with Crippen molar-refractivity contribution in [3.8, 4) is 0 Å². The molecule has 0 saturated carbocycles. The molecule has 1 saturated heterocycles. The molecule has 0 radical (unpaired) electrons. The third kappa shape index (κ3) is 5.02. The predicted octanol–water partition coefficient (Wildman–Crippen LogP) is 1.02. The standard InChI is InChI=1S/C12H23NO4/c1-8-6-10(7-9(2)17-8)16-5-4-11(13-3)12(14)15/h8-11,13H,4-7H2,1-3H3,(H,14,15). The average molecular weight is 245 g/mol. The van der Waals surface area contributed by atoms with Crippen molar-refractivity contribution in [3.63, 3.8) is 0 Å². The zero-order valence-corrected chi connectivity index (χ0v) is 10.8. The maximum Gasteiger partial charge on any atom is 0.320 e. The van der Waals surface area contributed by atoms with Crippen molar-refractivity contribution in [2.75, 3.05) is 13.7 Å². The summed E-state index contributed by atoms with van der Waals surface area (Å²) in [6, 6.07) is -0.523. The van der Waals surface area contributed by atoms with Gasteiger partial charge in [-0.3, -0.25) is 4.79 Å². The third-order valence-corrected chi connectivity index (χ3v) is 3.06. The molecule has 1 fully saturated rings. The van der Waals surface area contributed by atoms with Gasteiger partial charge in [0, 0.05) is 6.61 Å². The molecule has 2 N–H and O–H groups in total. The zero-order valence-electron chi connectivity index (χ0n) is 10.8. The molecule has 1 heterocycles. The van der Waals surface area contributed by atoms with Crippen molar-refractivity contribution < 1.29 is 19.4 Å². The lowest BCUT2D eigenvalue weighted by molar-refractivity contribution is -0.140. The Morgan fingerprint density at radius 3 is 2.53 bits per heavy atom. The molecule has 0 aliphatic carbocycles. The molecule has 0 aromatic heterocycles. The summed E-state index contributed by atoms with van der Waals surface area (Å²) < 4.78 is 11.3. The Hall–Kier alpha value is -0.650. The number of aliphatic carboxylic acids is 1. The second kappa shape index (κ2) is 6.93. The monoisotopic (exact) mass is 245 g/mol. The molecule has 17 heavy (non-hydrogen) atoms. The molecular weight excluding hydrogens is 222 g/mol. The lowest BCUT2D eigenvalue weighted by Crippen LogP contribution is -2.37. The molecular formula is C12H23NO4. The first kappa shape index (κ1) is 14.4. The van der Waals surface area contributed by atoms with Crippen LogP contribution in [0.15, 0.2) is 0 Å². The molecule has 0 aromatic rings. The van der Waals surface area contributed by atoms with E-state index < -0.39 is 12.0 Å². The van der Waals surface area contributed by atoms with Crippen LogP contribution in [0.5, 0.6) is 0 Å². The molecule has 100 valence electrons. The van der Waals surface area contributed by atoms with Gasteiger partial charge >= 0.3 is 5.97 Å². The van der Waals surface area contributed by atoms with Gasteiger partial charge in [-0.15, -0.1) is 0 Å². The first-order chi connectivity index (χ1) is 8.02. The van der Waals surface area contributed by atoms with E-state index in [1.54, 1.807) is 7.05 Å². The number of rotatable bonds is 6. The Labute approximate surface area is 102 Å². The molecule has 5 heteroatoms. The van der Waals surface area contributed by atoms with Gasteiger partial charge in [-0.2, -0.15) is 0 Å². The molecule has 3 unspecified atom stereocenters. The highest BCUT2D eigenvalue weighted by atomic mass is 16.5. The summed E-state index contributed by atoms with van der Waals surface area (Å²) in [6.07, 6.45) is 2.92. The largest absolute Gasteiger partial charge is 0.480 e. The van der Waals surface area contributed by atoms with Crippen molar-refractivity contribution in [1.82, 2.24) is 5.32 Å². The van der Waals surface area contributed by atoms with Crippen LogP contribution < -0.4 is 5.32 Å². The molecule has 0 spiro atoms. The van der Waals surface area contributed by atoms with Gasteiger partial charge in [0.1, 0.15) is 6.04 Å². The van der Waals surface area contributed by atoms with Gasteiger partial charge in [0.2, 0.25) is 0 Å². The van der Waals surface area contributed by atoms with E-state index in [1.165, 1.54) is 0 Å². The van der Waals surface area contributed by atoms with Crippen LogP contribution in [0.2, 0.25) is 0 Å². The molecule has 1 aliphatic rings. The summed E-state index contributed by atoms with van der Waals surface area (Å²) in [6.45, 7) is 4.56. The van der Waals surface area contributed by atoms with Crippen LogP contribution >= 0.6 is 0 Å². The molecule has 0 bridgehead atoms. The van der Waals surface area contributed by atoms with Gasteiger partial charge in [0.15, 0.2) is 0 Å². The number of hydrogen-bond donors (Lipinski definition) is 2. The Kier molecular flexibility index (Phi) is 5.88. The highest BCUT2D eigenvalue weighted by Crippen LogP contribution is 2.21. The van der Waals surface area contributed by atoms with Crippen LogP contribution in [0.25, 0.3) is 0 Å². The number of nitrogens with one attached hydrogen (secondary N) is 1. The van der Waals surface area contributed by atoms with Crippen LogP contribution in [0.3, 0.4) is 0 Å². The first-order valence-electron chi connectivity index (χ1n) is 6.20. The summed E-state index contributed by atoms with van der Waals surface area (Å²) in [4.78, 5) is 10.8. The van der Waals surface area contributed by atoms with Gasteiger partial charge in [0.05, 0.1) is 18.3 Å². The van der Waals surface area contributed by atoms with Crippen molar-refractivity contribution in [3.05, 3.63) is 0 Å². The van der Waals surface area contributed by atoms with Crippen LogP contribution in [0.1, 0.15) is 33.1 Å². The Morgan fingerprint density at radius 1 is 1.47 bits per heavy atom. The van der Waals surface area contributed by atoms with Crippen molar-refractivity contribution in [2.45, 2.75) is 57.5 Å². The SMILES string of the molecule is CNC(CCOC1CC(C)OC(C)C1)C(=O)O. The molecule has 3 atom stereocenters. The number of carbonyl (C=O) groups is 1. The van der Waals surface area contributed by atoms with E-state index in [2.05, 4.69) is 5.32 Å². The summed E-state index contributed by atoms with van der Waals surface area (Å²) in [7, 11) is 1.65. The maximum atomic E-state index is 10.8. The Morgan fingerprint density at radius 2 is 2.06 bits per heavy atom. The topological polar surface area (TPSA) is 67.8 Å². The van der Waals surface area contributed by atoms with Gasteiger partial charge in [0.25, 0.3) is 0 Å². The molecule has 0 aromatic carbocycles. The molecule has 5 nitrogen and oxygen atoms in total. The summed E-state index contributed by atoms with van der Waals surface area (Å²) >= 11 is 0. The number of likely N-dealkylation sites (N-methyl/N-ethyl adjacent to an activating group) is 1. The lowest BCUT2D eigenvalue weighted by atomic mass is 10.0. The molecule has 1 rings (SSSR count). The third-order valence-electron chi connectivity index (χ3n) is 3.06. The van der Waals surface area contributed by atoms with E-state index in [1.807, 2.05) is 13.8 Å². The predicted molar refractivity (Wildman–Crippen MR) is 64.1 cm³/mol. The zero-order chi connectivity index (χ0) is 12.8. The Balaban J connectivity index is 2.23. The second-order valence-electron chi connectivity index (χ2n) is 4.69. The quantitative estimate of drug-likeness (QED) is 0.731. The van der Waals surface area contributed by atoms with Gasteiger partial charge in [-0.25, -0.2) is 0 Å². The fourth-order valence-electron chi connectivity index (χ4n) is 2.22. The van der Waals surface area contributed by atoms with E-state index in [4.69, 9.17) is 14.6 Å². The highest BCUT2D eigenvalue weighted by Gasteiger charge is 2.25. The minimum absolute atomic E-state index is 0.194. The van der Waals surface area contributed by atoms with Crippen molar-refractivity contribution in [1.29, 1.82) is 0 Å². The van der Waals surface area contributed by atoms with Crippen LogP contribution in [0, 0.1) is 0 Å². The normalized spacial score (nSPS) is 31.1. The van der Waals surface area contributed by atoms with Crippen LogP contribution in [0.4, 0.5) is 0 Å². The summed E-state index contributed by atoms with van der Waals surface area (Å²) in [5.41, 5.74) is 0. The fraction of sp³-hybridized carbons (Fsp3) is 0.917. The van der Waals surface area contributed by atoms with Crippen molar-refractivity contribution >= 4 is 5.97 Å². The van der Waals surface area contributed by atoms with E-state index in [0.717, 1.165) is 12.8 Å². The molecule has 0 amide bonds. The summed E-state index contributed by atoms with van der Waals surface area (Å²) in [5, 5.41) is 11.6. The summed E-state index contributed by atoms with van der Waals surface area (Å²) in [5.74, 6) is -0.829. The van der Waals surface area contributed by atoms with Gasteiger partial charge in [-0.05, 0) is 40.2 Å². The maximum absolute atomic E-state index is 10.8. The second-order valence-corrected chi connectivity index (χ2v) is 4.69. The van der Waals surface area contributed by atoms with Crippen molar-refractivity contribution in [2.24, 2.45) is 0 Å². The van der Waals surface area contributed by atoms with Gasteiger partial charge in [-0.1, -0.05) is 0 Å². The minimum atomic E-state index is -0.829. The Bertz CT molecular complexity index is 237. The number of hydrogen-bond acceptors (Lipinski definition) is 4. The first-order valence-corrected chi connectivity index (χ1v) is 6.20. The number of carboxylic acid groups (broad SMARTS) is 1. The smallest absolute Gasteiger partial charge is 0.320 e. The van der Waals surface area contributed by atoms with E-state index in [-0.39, 0.29) is 18.3 Å². The minimum Gasteiger partial charge on any atom is -0.480 e. The highest BCUT2D eigenvalue weighted by molar-refractivity contribution is 5.73. The fourth-order valence-corrected chi connectivity index (χ4v) is 2.22. The van der Waals surface area contributed by atoms with Gasteiger partial charge < -0.3 is 19.9 Å². The number of carboxylic acids is 1. The average Bonchev–Trinajstić information content (AvgIpc) is 2.22. The number of ether oxygens (including phenoxy) is 2. The van der Waals surface area contributed by atoms with Crippen LogP contribution in [-0.2, 0) is 14.3 Å². The molecule has 1 aliphatic heterocycles. The van der Waals surface area contributed by atoms with E-state index in [0.29, 0.717) is 13.0 Å². The van der Waals surface area contributed by atoms with E-state index >= 15 is 0 Å².